The third-order valence-corrected chi connectivity index (χ3v) is 7.36. The zero-order chi connectivity index (χ0) is 27.9. The summed E-state index contributed by atoms with van der Waals surface area (Å²) in [7, 11) is -3.82. The second kappa shape index (κ2) is 12.2. The zero-order valence-electron chi connectivity index (χ0n) is 22.2. The molecule has 1 heterocycles. The maximum Gasteiger partial charge on any atom is 0.344 e. The molecule has 0 N–H and O–H groups in total. The Bertz CT molecular complexity index is 1490. The number of hydrogen-bond acceptors (Lipinski definition) is 7. The van der Waals surface area contributed by atoms with E-state index in [0.717, 1.165) is 11.1 Å². The summed E-state index contributed by atoms with van der Waals surface area (Å²) in [4.78, 5) is 20.8. The van der Waals surface area contributed by atoms with E-state index >= 15 is 0 Å². The van der Waals surface area contributed by atoms with Crippen molar-refractivity contribution in [3.63, 3.8) is 0 Å². The molecule has 39 heavy (non-hydrogen) atoms. The van der Waals surface area contributed by atoms with Crippen LogP contribution >= 0.6 is 0 Å². The fourth-order valence-corrected chi connectivity index (χ4v) is 5.27. The Hall–Kier alpha value is -4.08. The number of rotatable bonds is 10. The van der Waals surface area contributed by atoms with Gasteiger partial charge < -0.3 is 9.47 Å². The summed E-state index contributed by atoms with van der Waals surface area (Å²) in [5, 5.41) is 0. The number of ether oxygens (including phenoxy) is 2. The minimum absolute atomic E-state index is 0.102. The second-order valence-corrected chi connectivity index (χ2v) is 11.8. The highest BCUT2D eigenvalue weighted by Crippen LogP contribution is 2.24. The number of aromatic nitrogens is 2. The predicted molar refractivity (Wildman–Crippen MR) is 148 cm³/mol. The van der Waals surface area contributed by atoms with Crippen LogP contribution in [0.3, 0.4) is 0 Å². The molecule has 8 nitrogen and oxygen atoms in total. The van der Waals surface area contributed by atoms with Crippen molar-refractivity contribution in [2.45, 2.75) is 44.4 Å². The highest BCUT2D eigenvalue weighted by atomic mass is 32.2. The molecule has 0 fully saturated rings. The Morgan fingerprint density at radius 3 is 2.15 bits per heavy atom. The second-order valence-electron chi connectivity index (χ2n) is 9.88. The van der Waals surface area contributed by atoms with Gasteiger partial charge in [-0.15, -0.1) is 0 Å². The van der Waals surface area contributed by atoms with Crippen molar-refractivity contribution >= 4 is 16.0 Å². The highest BCUT2D eigenvalue weighted by Gasteiger charge is 2.25. The van der Waals surface area contributed by atoms with Crippen molar-refractivity contribution in [3.8, 4) is 17.1 Å². The van der Waals surface area contributed by atoms with Crippen molar-refractivity contribution < 1.29 is 22.7 Å². The highest BCUT2D eigenvalue weighted by molar-refractivity contribution is 7.89. The van der Waals surface area contributed by atoms with Gasteiger partial charge in [0, 0.05) is 31.0 Å². The zero-order valence-corrected chi connectivity index (χ0v) is 23.0. The lowest BCUT2D eigenvalue weighted by Gasteiger charge is -2.23. The molecule has 4 aromatic rings. The van der Waals surface area contributed by atoms with Crippen LogP contribution in [0.15, 0.2) is 102 Å². The first-order valence-corrected chi connectivity index (χ1v) is 13.9. The minimum atomic E-state index is -3.82. The minimum Gasteiger partial charge on any atom is -0.482 e. The molecule has 0 aliphatic rings. The molecule has 0 aliphatic heterocycles. The molecule has 202 valence electrons. The van der Waals surface area contributed by atoms with Crippen molar-refractivity contribution in [2.24, 2.45) is 0 Å². The van der Waals surface area contributed by atoms with Crippen LogP contribution in [0.2, 0.25) is 0 Å². The van der Waals surface area contributed by atoms with Gasteiger partial charge in [0.15, 0.2) is 12.4 Å². The summed E-state index contributed by atoms with van der Waals surface area (Å²) in [5.41, 5.74) is 1.75. The number of benzene rings is 3. The Morgan fingerprint density at radius 2 is 1.49 bits per heavy atom. The van der Waals surface area contributed by atoms with Gasteiger partial charge >= 0.3 is 5.97 Å². The van der Waals surface area contributed by atoms with Crippen LogP contribution in [0.25, 0.3) is 11.4 Å². The lowest BCUT2D eigenvalue weighted by atomic mass is 10.1. The Morgan fingerprint density at radius 1 is 0.821 bits per heavy atom. The third kappa shape index (κ3) is 7.95. The van der Waals surface area contributed by atoms with Crippen molar-refractivity contribution in [2.75, 3.05) is 6.61 Å². The smallest absolute Gasteiger partial charge is 0.344 e. The fourth-order valence-electron chi connectivity index (χ4n) is 3.83. The van der Waals surface area contributed by atoms with Crippen LogP contribution in [0, 0.1) is 0 Å². The normalized spacial score (nSPS) is 11.8. The lowest BCUT2D eigenvalue weighted by Crippen LogP contribution is -2.30. The molecule has 0 spiro atoms. The van der Waals surface area contributed by atoms with Crippen LogP contribution in [-0.2, 0) is 32.6 Å². The molecule has 3 aromatic carbocycles. The van der Waals surface area contributed by atoms with E-state index < -0.39 is 21.6 Å². The summed E-state index contributed by atoms with van der Waals surface area (Å²) >= 11 is 0. The van der Waals surface area contributed by atoms with Gasteiger partial charge in [0.05, 0.1) is 4.90 Å². The average Bonchev–Trinajstić information content (AvgIpc) is 2.92. The standard InChI is InChI=1S/C30H31N3O5S/c1-30(2,3)38-28(34)22-37-26-10-7-9-24(19-26)21-33(39(35,36)27-11-5-4-6-12-27)20-23-13-15-25(16-14-23)29-31-17-8-18-32-29/h4-19H,20-22H2,1-3H3. The third-order valence-electron chi connectivity index (χ3n) is 5.55. The monoisotopic (exact) mass is 545 g/mol. The first-order valence-electron chi connectivity index (χ1n) is 12.5. The Kier molecular flexibility index (Phi) is 8.73. The van der Waals surface area contributed by atoms with Crippen molar-refractivity contribution in [1.29, 1.82) is 0 Å². The van der Waals surface area contributed by atoms with Crippen LogP contribution in [0.1, 0.15) is 31.9 Å². The topological polar surface area (TPSA) is 98.7 Å². The lowest BCUT2D eigenvalue weighted by molar-refractivity contribution is -0.157. The van der Waals surface area contributed by atoms with Gasteiger partial charge in [0.2, 0.25) is 10.0 Å². The molecule has 1 aromatic heterocycles. The molecule has 0 amide bonds. The first-order chi connectivity index (χ1) is 18.6. The summed E-state index contributed by atoms with van der Waals surface area (Å²) in [6.45, 7) is 5.37. The van der Waals surface area contributed by atoms with Gasteiger partial charge in [0.25, 0.3) is 0 Å². The van der Waals surface area contributed by atoms with Gasteiger partial charge in [-0.25, -0.2) is 23.2 Å². The van der Waals surface area contributed by atoms with E-state index in [4.69, 9.17) is 9.47 Å². The van der Waals surface area contributed by atoms with Crippen molar-refractivity contribution in [1.82, 2.24) is 14.3 Å². The van der Waals surface area contributed by atoms with Gasteiger partial charge in [-0.3, -0.25) is 0 Å². The van der Waals surface area contributed by atoms with Gasteiger partial charge in [-0.1, -0.05) is 54.6 Å². The number of carbonyl (C=O) groups is 1. The van der Waals surface area contributed by atoms with E-state index in [0.29, 0.717) is 17.1 Å². The summed E-state index contributed by atoms with van der Waals surface area (Å²) in [6, 6.07) is 24.6. The molecule has 0 saturated carbocycles. The van der Waals surface area contributed by atoms with Crippen LogP contribution < -0.4 is 4.74 Å². The number of nitrogens with zero attached hydrogens (tertiary/aromatic N) is 3. The van der Waals surface area contributed by atoms with E-state index in [1.165, 1.54) is 4.31 Å². The van der Waals surface area contributed by atoms with Crippen molar-refractivity contribution in [3.05, 3.63) is 108 Å². The molecule has 9 heteroatoms. The van der Waals surface area contributed by atoms with Gasteiger partial charge in [-0.2, -0.15) is 4.31 Å². The summed E-state index contributed by atoms with van der Waals surface area (Å²) in [5.74, 6) is 0.564. The summed E-state index contributed by atoms with van der Waals surface area (Å²) < 4.78 is 39.7. The average molecular weight is 546 g/mol. The molecule has 4 rings (SSSR count). The van der Waals surface area contributed by atoms with Crippen LogP contribution in [0.4, 0.5) is 0 Å². The first kappa shape index (κ1) is 27.9. The van der Waals surface area contributed by atoms with E-state index in [2.05, 4.69) is 9.97 Å². The molecule has 0 unspecified atom stereocenters. The SMILES string of the molecule is CC(C)(C)OC(=O)COc1cccc(CN(Cc2ccc(-c3ncccn3)cc2)S(=O)(=O)c2ccccc2)c1. The fraction of sp³-hybridized carbons (Fsp3) is 0.233. The van der Waals surface area contributed by atoms with E-state index in [1.54, 1.807) is 87.8 Å². The van der Waals surface area contributed by atoms with E-state index in [-0.39, 0.29) is 24.6 Å². The Labute approximate surface area is 229 Å². The molecular formula is C30H31N3O5S. The van der Waals surface area contributed by atoms with Gasteiger partial charge in [0.1, 0.15) is 11.4 Å². The Balaban J connectivity index is 1.55. The predicted octanol–water partition coefficient (Wildman–Crippen LogP) is 5.26. The molecule has 0 atom stereocenters. The number of hydrogen-bond donors (Lipinski definition) is 0. The quantitative estimate of drug-likeness (QED) is 0.251. The number of esters is 1. The maximum atomic E-state index is 13.7. The number of sulfonamides is 1. The molecule has 0 bridgehead atoms. The van der Waals surface area contributed by atoms with E-state index in [1.807, 2.05) is 30.3 Å². The van der Waals surface area contributed by atoms with Gasteiger partial charge in [-0.05, 0) is 62.2 Å². The molecule has 0 aliphatic carbocycles. The van der Waals surface area contributed by atoms with Crippen LogP contribution in [-0.4, -0.2) is 40.9 Å². The summed E-state index contributed by atoms with van der Waals surface area (Å²) in [6.07, 6.45) is 3.35. The number of carbonyl (C=O) groups excluding carboxylic acids is 1. The molecular weight excluding hydrogens is 514 g/mol. The molecule has 0 saturated heterocycles. The maximum absolute atomic E-state index is 13.7. The molecule has 0 radical (unpaired) electrons. The van der Waals surface area contributed by atoms with Crippen LogP contribution in [0.5, 0.6) is 5.75 Å². The largest absolute Gasteiger partial charge is 0.482 e. The van der Waals surface area contributed by atoms with E-state index in [9.17, 15) is 13.2 Å².